The van der Waals surface area contributed by atoms with Crippen molar-refractivity contribution in [2.45, 2.75) is 32.7 Å². The maximum atomic E-state index is 11.5. The number of carboxylic acids is 1. The van der Waals surface area contributed by atoms with Crippen LogP contribution in [0.1, 0.15) is 34.5 Å². The fourth-order valence-electron chi connectivity index (χ4n) is 2.67. The molecule has 20 heavy (non-hydrogen) atoms. The van der Waals surface area contributed by atoms with Crippen LogP contribution < -0.4 is 4.90 Å². The van der Waals surface area contributed by atoms with Crippen LogP contribution in [0.2, 0.25) is 0 Å². The van der Waals surface area contributed by atoms with E-state index in [1.807, 2.05) is 4.90 Å². The van der Waals surface area contributed by atoms with Crippen molar-refractivity contribution >= 4 is 11.8 Å². The second-order valence-corrected chi connectivity index (χ2v) is 5.60. The summed E-state index contributed by atoms with van der Waals surface area (Å²) in [6, 6.07) is 0.555. The molecule has 1 N–H and O–H groups in total. The third-order valence-electron chi connectivity index (χ3n) is 4.14. The molecule has 1 aliphatic heterocycles. The van der Waals surface area contributed by atoms with Crippen LogP contribution in [0.25, 0.3) is 0 Å². The van der Waals surface area contributed by atoms with Crippen LogP contribution in [0.15, 0.2) is 0 Å². The lowest BCUT2D eigenvalue weighted by molar-refractivity contribution is 0.0695. The summed E-state index contributed by atoms with van der Waals surface area (Å²) in [5.74, 6) is -0.414. The van der Waals surface area contributed by atoms with Gasteiger partial charge in [-0.25, -0.2) is 4.79 Å². The number of hydrogen-bond acceptors (Lipinski definition) is 5. The van der Waals surface area contributed by atoms with Crippen molar-refractivity contribution < 1.29 is 9.90 Å². The van der Waals surface area contributed by atoms with E-state index in [9.17, 15) is 9.90 Å². The molecule has 0 atom stereocenters. The summed E-state index contributed by atoms with van der Waals surface area (Å²) in [5, 5.41) is 17.7. The van der Waals surface area contributed by atoms with E-state index >= 15 is 0 Å². The summed E-state index contributed by atoms with van der Waals surface area (Å²) in [7, 11) is 4.16. The Labute approximate surface area is 119 Å². The van der Waals surface area contributed by atoms with Crippen LogP contribution >= 0.6 is 0 Å². The van der Waals surface area contributed by atoms with Crippen LogP contribution in [-0.2, 0) is 0 Å². The number of anilines is 1. The molecule has 6 nitrogen and oxygen atoms in total. The van der Waals surface area contributed by atoms with Gasteiger partial charge in [-0.15, -0.1) is 5.10 Å². The molecule has 0 aliphatic carbocycles. The largest absolute Gasteiger partial charge is 0.478 e. The van der Waals surface area contributed by atoms with Crippen molar-refractivity contribution in [3.05, 3.63) is 16.8 Å². The van der Waals surface area contributed by atoms with Crippen LogP contribution in [0.3, 0.4) is 0 Å². The Morgan fingerprint density at radius 2 is 1.85 bits per heavy atom. The standard InChI is InChI=1S/C14H22N4O2/c1-9-10(2)15-16-13(12(9)14(19)20)18-7-5-11(6-8-18)17(3)4/h11H,5-8H2,1-4H3,(H,19,20). The average Bonchev–Trinajstić information content (AvgIpc) is 2.41. The molecule has 1 aliphatic rings. The second-order valence-electron chi connectivity index (χ2n) is 5.60. The predicted molar refractivity (Wildman–Crippen MR) is 77.4 cm³/mol. The molecule has 110 valence electrons. The molecule has 1 aromatic rings. The van der Waals surface area contributed by atoms with E-state index in [1.54, 1.807) is 13.8 Å². The van der Waals surface area contributed by atoms with Crippen molar-refractivity contribution in [3.63, 3.8) is 0 Å². The highest BCUT2D eigenvalue weighted by Gasteiger charge is 2.26. The van der Waals surface area contributed by atoms with Gasteiger partial charge in [0.25, 0.3) is 0 Å². The van der Waals surface area contributed by atoms with Gasteiger partial charge < -0.3 is 14.9 Å². The summed E-state index contributed by atoms with van der Waals surface area (Å²) in [6.07, 6.45) is 2.03. The van der Waals surface area contributed by atoms with Gasteiger partial charge in [-0.05, 0) is 46.3 Å². The molecule has 0 spiro atoms. The van der Waals surface area contributed by atoms with Crippen LogP contribution in [0, 0.1) is 13.8 Å². The first kappa shape index (κ1) is 14.7. The van der Waals surface area contributed by atoms with Crippen molar-refractivity contribution in [2.24, 2.45) is 0 Å². The van der Waals surface area contributed by atoms with Gasteiger partial charge in [0, 0.05) is 19.1 Å². The van der Waals surface area contributed by atoms with E-state index in [-0.39, 0.29) is 0 Å². The van der Waals surface area contributed by atoms with Crippen molar-refractivity contribution in [1.29, 1.82) is 0 Å². The highest BCUT2D eigenvalue weighted by atomic mass is 16.4. The first-order valence-corrected chi connectivity index (χ1v) is 6.90. The lowest BCUT2D eigenvalue weighted by Crippen LogP contribution is -2.43. The van der Waals surface area contributed by atoms with E-state index in [0.29, 0.717) is 28.7 Å². The molecule has 0 aromatic carbocycles. The third kappa shape index (κ3) is 2.75. The molecule has 1 aromatic heterocycles. The first-order valence-electron chi connectivity index (χ1n) is 6.90. The molecular weight excluding hydrogens is 256 g/mol. The first-order chi connectivity index (χ1) is 9.41. The van der Waals surface area contributed by atoms with Gasteiger partial charge in [-0.2, -0.15) is 5.10 Å². The minimum Gasteiger partial charge on any atom is -0.478 e. The number of nitrogens with zero attached hydrogens (tertiary/aromatic N) is 4. The number of hydrogen-bond donors (Lipinski definition) is 1. The molecule has 0 bridgehead atoms. The lowest BCUT2D eigenvalue weighted by atomic mass is 10.0. The monoisotopic (exact) mass is 278 g/mol. The van der Waals surface area contributed by atoms with Crippen molar-refractivity contribution in [3.8, 4) is 0 Å². The topological polar surface area (TPSA) is 69.6 Å². The van der Waals surface area contributed by atoms with Gasteiger partial charge >= 0.3 is 5.97 Å². The molecule has 2 rings (SSSR count). The van der Waals surface area contributed by atoms with E-state index in [4.69, 9.17) is 0 Å². The number of piperidine rings is 1. The molecule has 0 unspecified atom stereocenters. The van der Waals surface area contributed by atoms with Crippen LogP contribution in [0.5, 0.6) is 0 Å². The molecule has 6 heteroatoms. The highest BCUT2D eigenvalue weighted by Crippen LogP contribution is 2.25. The number of carboxylic acid groups (broad SMARTS) is 1. The van der Waals surface area contributed by atoms with Gasteiger partial charge in [0.15, 0.2) is 5.82 Å². The Morgan fingerprint density at radius 1 is 1.25 bits per heavy atom. The zero-order valence-corrected chi connectivity index (χ0v) is 12.6. The number of carbonyl (C=O) groups is 1. The highest BCUT2D eigenvalue weighted by molar-refractivity contribution is 5.95. The number of rotatable bonds is 3. The number of aryl methyl sites for hydroxylation is 1. The Balaban J connectivity index is 2.26. The van der Waals surface area contributed by atoms with Crippen molar-refractivity contribution in [2.75, 3.05) is 32.1 Å². The molecule has 0 amide bonds. The summed E-state index contributed by atoms with van der Waals surface area (Å²) >= 11 is 0. The Hall–Kier alpha value is -1.69. The van der Waals surface area contributed by atoms with E-state index in [1.165, 1.54) is 0 Å². The minimum atomic E-state index is -0.926. The molecule has 0 saturated carbocycles. The van der Waals surface area contributed by atoms with Crippen molar-refractivity contribution in [1.82, 2.24) is 15.1 Å². The zero-order chi connectivity index (χ0) is 14.9. The summed E-state index contributed by atoms with van der Waals surface area (Å²) in [4.78, 5) is 15.8. The Bertz CT molecular complexity index is 508. The second kappa shape index (κ2) is 5.75. The molecule has 1 saturated heterocycles. The lowest BCUT2D eigenvalue weighted by Gasteiger charge is -2.36. The normalized spacial score (nSPS) is 16.8. The molecule has 2 heterocycles. The number of aromatic nitrogens is 2. The maximum absolute atomic E-state index is 11.5. The zero-order valence-electron chi connectivity index (χ0n) is 12.6. The predicted octanol–water partition coefficient (Wildman–Crippen LogP) is 1.32. The quantitative estimate of drug-likeness (QED) is 0.899. The SMILES string of the molecule is Cc1nnc(N2CCC(N(C)C)CC2)c(C(=O)O)c1C. The summed E-state index contributed by atoms with van der Waals surface area (Å²) in [6.45, 7) is 5.22. The fourth-order valence-corrected chi connectivity index (χ4v) is 2.67. The minimum absolute atomic E-state index is 0.292. The smallest absolute Gasteiger partial charge is 0.339 e. The van der Waals surface area contributed by atoms with E-state index < -0.39 is 5.97 Å². The summed E-state index contributed by atoms with van der Waals surface area (Å²) in [5.41, 5.74) is 1.67. The Morgan fingerprint density at radius 3 is 2.35 bits per heavy atom. The average molecular weight is 278 g/mol. The van der Waals surface area contributed by atoms with Gasteiger partial charge in [-0.1, -0.05) is 0 Å². The fraction of sp³-hybridized carbons (Fsp3) is 0.643. The van der Waals surface area contributed by atoms with E-state index in [2.05, 4.69) is 29.2 Å². The van der Waals surface area contributed by atoms with Gasteiger partial charge in [0.1, 0.15) is 5.56 Å². The van der Waals surface area contributed by atoms with Gasteiger partial charge in [0.2, 0.25) is 0 Å². The van der Waals surface area contributed by atoms with Crippen LogP contribution in [-0.4, -0.2) is 59.4 Å². The molecule has 1 fully saturated rings. The van der Waals surface area contributed by atoms with Gasteiger partial charge in [-0.3, -0.25) is 0 Å². The van der Waals surface area contributed by atoms with Gasteiger partial charge in [0.05, 0.1) is 5.69 Å². The van der Waals surface area contributed by atoms with E-state index in [0.717, 1.165) is 25.9 Å². The van der Waals surface area contributed by atoms with Crippen LogP contribution in [0.4, 0.5) is 5.82 Å². The molecular formula is C14H22N4O2. The molecule has 0 radical (unpaired) electrons. The number of aromatic carboxylic acids is 1. The Kier molecular flexibility index (Phi) is 4.23. The summed E-state index contributed by atoms with van der Waals surface area (Å²) < 4.78 is 0. The third-order valence-corrected chi connectivity index (χ3v) is 4.14. The maximum Gasteiger partial charge on any atom is 0.339 e.